The molecule has 7 heteroatoms. The van der Waals surface area contributed by atoms with Crippen LogP contribution in [0.3, 0.4) is 0 Å². The Hall–Kier alpha value is -2.44. The Labute approximate surface area is 109 Å². The molecule has 102 valence electrons. The van der Waals surface area contributed by atoms with Crippen LogP contribution in [0.4, 0.5) is 0 Å². The van der Waals surface area contributed by atoms with Crippen LogP contribution in [0.25, 0.3) is 0 Å². The molecular formula is C12H13NO6. The molecule has 0 aromatic carbocycles. The topological polar surface area (TPSA) is 91.8 Å². The van der Waals surface area contributed by atoms with Gasteiger partial charge in [-0.05, 0) is 13.0 Å². The summed E-state index contributed by atoms with van der Waals surface area (Å²) < 4.78 is 13.7. The molecular weight excluding hydrogens is 254 g/mol. The zero-order valence-corrected chi connectivity index (χ0v) is 11.0. The van der Waals surface area contributed by atoms with Crippen LogP contribution in [-0.4, -0.2) is 44.2 Å². The van der Waals surface area contributed by atoms with Crippen LogP contribution in [0.2, 0.25) is 0 Å². The molecule has 7 nitrogen and oxygen atoms in total. The van der Waals surface area contributed by atoms with Crippen molar-refractivity contribution in [2.75, 3.05) is 21.3 Å². The Bertz CT molecular complexity index is 500. The third-order valence-electron chi connectivity index (χ3n) is 2.32. The van der Waals surface area contributed by atoms with E-state index in [1.165, 1.54) is 6.07 Å². The summed E-state index contributed by atoms with van der Waals surface area (Å²) in [6.07, 6.45) is 0. The van der Waals surface area contributed by atoms with E-state index in [0.29, 0.717) is 5.69 Å². The van der Waals surface area contributed by atoms with E-state index < -0.39 is 17.9 Å². The highest BCUT2D eigenvalue weighted by Gasteiger charge is 2.28. The number of pyridine rings is 1. The quantitative estimate of drug-likeness (QED) is 0.589. The van der Waals surface area contributed by atoms with Crippen LogP contribution in [0.5, 0.6) is 0 Å². The van der Waals surface area contributed by atoms with Crippen molar-refractivity contribution < 1.29 is 28.6 Å². The average molecular weight is 267 g/mol. The highest BCUT2D eigenvalue weighted by atomic mass is 16.5. The molecule has 0 aliphatic heterocycles. The molecule has 1 aromatic heterocycles. The molecule has 0 aliphatic carbocycles. The van der Waals surface area contributed by atoms with Crippen LogP contribution in [0, 0.1) is 6.92 Å². The Balaban J connectivity index is 3.62. The second kappa shape index (κ2) is 5.94. The molecule has 0 N–H and O–H groups in total. The molecule has 0 saturated heterocycles. The number of rotatable bonds is 3. The van der Waals surface area contributed by atoms with Crippen molar-refractivity contribution in [1.82, 2.24) is 4.98 Å². The molecule has 0 atom stereocenters. The first-order valence-corrected chi connectivity index (χ1v) is 5.22. The largest absolute Gasteiger partial charge is 0.465 e. The number of hydrogen-bond donors (Lipinski definition) is 0. The van der Waals surface area contributed by atoms with Gasteiger partial charge in [0.2, 0.25) is 0 Å². The van der Waals surface area contributed by atoms with Gasteiger partial charge in [0.05, 0.1) is 26.9 Å². The lowest BCUT2D eigenvalue weighted by Crippen LogP contribution is -2.20. The molecule has 0 fully saturated rings. The van der Waals surface area contributed by atoms with Gasteiger partial charge in [-0.2, -0.15) is 0 Å². The standard InChI is InChI=1S/C12H13NO6/c1-6-5-7(10(14)17-2)8(11(15)18-3)9(13-6)12(16)19-4/h5H,1-4H3. The molecule has 0 spiro atoms. The summed E-state index contributed by atoms with van der Waals surface area (Å²) in [5.41, 5.74) is -0.280. The monoisotopic (exact) mass is 267 g/mol. The maximum atomic E-state index is 11.7. The lowest BCUT2D eigenvalue weighted by Gasteiger charge is -2.11. The Kier molecular flexibility index (Phi) is 4.57. The van der Waals surface area contributed by atoms with Crippen molar-refractivity contribution in [3.63, 3.8) is 0 Å². The molecule has 0 saturated carbocycles. The fourth-order valence-electron chi connectivity index (χ4n) is 1.50. The summed E-state index contributed by atoms with van der Waals surface area (Å²) in [5.74, 6) is -2.47. The fourth-order valence-corrected chi connectivity index (χ4v) is 1.50. The van der Waals surface area contributed by atoms with Gasteiger partial charge >= 0.3 is 17.9 Å². The first kappa shape index (κ1) is 14.6. The van der Waals surface area contributed by atoms with Gasteiger partial charge < -0.3 is 14.2 Å². The zero-order chi connectivity index (χ0) is 14.6. The van der Waals surface area contributed by atoms with Crippen LogP contribution < -0.4 is 0 Å². The van der Waals surface area contributed by atoms with Crippen molar-refractivity contribution in [2.45, 2.75) is 6.92 Å². The number of methoxy groups -OCH3 is 3. The smallest absolute Gasteiger partial charge is 0.357 e. The van der Waals surface area contributed by atoms with E-state index in [2.05, 4.69) is 19.2 Å². The second-order valence-electron chi connectivity index (χ2n) is 3.51. The van der Waals surface area contributed by atoms with E-state index in [-0.39, 0.29) is 16.8 Å². The number of nitrogens with zero attached hydrogens (tertiary/aromatic N) is 1. The van der Waals surface area contributed by atoms with Crippen LogP contribution in [0.15, 0.2) is 6.07 Å². The molecule has 0 bridgehead atoms. The van der Waals surface area contributed by atoms with E-state index >= 15 is 0 Å². The van der Waals surface area contributed by atoms with Crippen LogP contribution >= 0.6 is 0 Å². The van der Waals surface area contributed by atoms with Crippen molar-refractivity contribution in [3.8, 4) is 0 Å². The van der Waals surface area contributed by atoms with Crippen LogP contribution in [0.1, 0.15) is 36.9 Å². The summed E-state index contributed by atoms with van der Waals surface area (Å²) in [6, 6.07) is 1.34. The van der Waals surface area contributed by atoms with E-state index in [1.54, 1.807) is 6.92 Å². The maximum absolute atomic E-state index is 11.7. The number of esters is 3. The van der Waals surface area contributed by atoms with Gasteiger partial charge in [-0.15, -0.1) is 0 Å². The number of aryl methyl sites for hydroxylation is 1. The minimum Gasteiger partial charge on any atom is -0.465 e. The lowest BCUT2D eigenvalue weighted by molar-refractivity contribution is 0.0531. The first-order valence-electron chi connectivity index (χ1n) is 5.22. The fraction of sp³-hybridized carbons (Fsp3) is 0.333. The van der Waals surface area contributed by atoms with E-state index in [9.17, 15) is 14.4 Å². The van der Waals surface area contributed by atoms with Gasteiger partial charge in [0.1, 0.15) is 5.56 Å². The SMILES string of the molecule is COC(=O)c1cc(C)nc(C(=O)OC)c1C(=O)OC. The summed E-state index contributed by atoms with van der Waals surface area (Å²) in [4.78, 5) is 38.9. The van der Waals surface area contributed by atoms with Crippen molar-refractivity contribution in [2.24, 2.45) is 0 Å². The van der Waals surface area contributed by atoms with Crippen molar-refractivity contribution >= 4 is 17.9 Å². The molecule has 1 rings (SSSR count). The predicted octanol–water partition coefficient (Wildman–Crippen LogP) is 0.750. The summed E-state index contributed by atoms with van der Waals surface area (Å²) in [5, 5.41) is 0. The second-order valence-corrected chi connectivity index (χ2v) is 3.51. The number of carbonyl (C=O) groups excluding carboxylic acids is 3. The summed E-state index contributed by atoms with van der Waals surface area (Å²) in [6.45, 7) is 1.57. The van der Waals surface area contributed by atoms with Gasteiger partial charge in [0.25, 0.3) is 0 Å². The Morgan fingerprint density at radius 1 is 0.947 bits per heavy atom. The van der Waals surface area contributed by atoms with Gasteiger partial charge in [-0.1, -0.05) is 0 Å². The van der Waals surface area contributed by atoms with E-state index in [1.807, 2.05) is 0 Å². The first-order chi connectivity index (χ1) is 8.96. The Morgan fingerprint density at radius 2 is 1.47 bits per heavy atom. The van der Waals surface area contributed by atoms with Crippen molar-refractivity contribution in [3.05, 3.63) is 28.6 Å². The molecule has 0 aliphatic rings. The highest BCUT2D eigenvalue weighted by Crippen LogP contribution is 2.18. The van der Waals surface area contributed by atoms with Gasteiger partial charge in [0.15, 0.2) is 5.69 Å². The summed E-state index contributed by atoms with van der Waals surface area (Å²) >= 11 is 0. The average Bonchev–Trinajstić information content (AvgIpc) is 2.43. The third kappa shape index (κ3) is 2.87. The minimum atomic E-state index is -0.867. The van der Waals surface area contributed by atoms with Crippen molar-refractivity contribution in [1.29, 1.82) is 0 Å². The maximum Gasteiger partial charge on any atom is 0.357 e. The normalized spacial score (nSPS) is 9.68. The predicted molar refractivity (Wildman–Crippen MR) is 63.0 cm³/mol. The minimum absolute atomic E-state index is 0.0951. The Morgan fingerprint density at radius 3 is 1.95 bits per heavy atom. The third-order valence-corrected chi connectivity index (χ3v) is 2.32. The molecule has 0 amide bonds. The number of aromatic nitrogens is 1. The molecule has 1 aromatic rings. The van der Waals surface area contributed by atoms with E-state index in [4.69, 9.17) is 0 Å². The molecule has 19 heavy (non-hydrogen) atoms. The van der Waals surface area contributed by atoms with Gasteiger partial charge in [-0.25, -0.2) is 19.4 Å². The van der Waals surface area contributed by atoms with Gasteiger partial charge in [0, 0.05) is 5.69 Å². The van der Waals surface area contributed by atoms with Crippen LogP contribution in [-0.2, 0) is 14.2 Å². The molecule has 1 heterocycles. The van der Waals surface area contributed by atoms with Gasteiger partial charge in [-0.3, -0.25) is 0 Å². The van der Waals surface area contributed by atoms with E-state index in [0.717, 1.165) is 21.3 Å². The molecule has 0 radical (unpaired) electrons. The zero-order valence-electron chi connectivity index (χ0n) is 11.0. The summed E-state index contributed by atoms with van der Waals surface area (Å²) in [7, 11) is 3.44. The highest BCUT2D eigenvalue weighted by molar-refractivity contribution is 6.09. The molecule has 0 unspecified atom stereocenters. The number of hydrogen-bond acceptors (Lipinski definition) is 7. The lowest BCUT2D eigenvalue weighted by atomic mass is 10.0. The number of carbonyl (C=O) groups is 3. The number of ether oxygens (including phenoxy) is 3.